The van der Waals surface area contributed by atoms with Crippen LogP contribution in [0.15, 0.2) is 0 Å². The molecule has 3 nitrogen and oxygen atoms in total. The zero-order chi connectivity index (χ0) is 17.0. The van der Waals surface area contributed by atoms with Crippen molar-refractivity contribution in [3.05, 3.63) is 0 Å². The second kappa shape index (κ2) is 12.3. The zero-order valence-corrected chi connectivity index (χ0v) is 15.9. The Bertz CT molecular complexity index is 271. The molecular weight excluding hydrogens is 284 g/mol. The molecule has 23 heavy (non-hydrogen) atoms. The largest absolute Gasteiger partial charge is 0.394 e. The van der Waals surface area contributed by atoms with Crippen LogP contribution in [-0.2, 0) is 0 Å². The second-order valence-electron chi connectivity index (χ2n) is 7.80. The summed E-state index contributed by atoms with van der Waals surface area (Å²) in [5.74, 6) is 0. The summed E-state index contributed by atoms with van der Waals surface area (Å²) in [6, 6.07) is 0.690. The third-order valence-electron chi connectivity index (χ3n) is 5.53. The highest BCUT2D eigenvalue weighted by molar-refractivity contribution is 4.96. The van der Waals surface area contributed by atoms with Gasteiger partial charge in [-0.1, -0.05) is 78.1 Å². The van der Waals surface area contributed by atoms with Gasteiger partial charge in [0.25, 0.3) is 0 Å². The Kier molecular flexibility index (Phi) is 11.2. The topological polar surface area (TPSA) is 49.5 Å². The third kappa shape index (κ3) is 8.51. The molecule has 0 bridgehead atoms. The van der Waals surface area contributed by atoms with E-state index < -0.39 is 0 Å². The molecule has 1 rings (SSSR count). The van der Waals surface area contributed by atoms with Gasteiger partial charge in [0.1, 0.15) is 0 Å². The molecule has 1 saturated heterocycles. The fourth-order valence-corrected chi connectivity index (χ4v) is 3.85. The highest BCUT2D eigenvalue weighted by Crippen LogP contribution is 2.26. The molecule has 3 heteroatoms. The smallest absolute Gasteiger partial charge is 0.0624 e. The van der Waals surface area contributed by atoms with Gasteiger partial charge in [0.05, 0.1) is 12.1 Å². The van der Waals surface area contributed by atoms with E-state index in [0.717, 1.165) is 19.5 Å². The summed E-state index contributed by atoms with van der Waals surface area (Å²) in [5, 5.41) is 9.52. The Morgan fingerprint density at radius 3 is 1.87 bits per heavy atom. The van der Waals surface area contributed by atoms with Crippen molar-refractivity contribution in [1.82, 2.24) is 4.90 Å². The van der Waals surface area contributed by atoms with E-state index in [0.29, 0.717) is 6.04 Å². The number of nitrogens with zero attached hydrogens (tertiary/aromatic N) is 1. The van der Waals surface area contributed by atoms with Gasteiger partial charge in [-0.2, -0.15) is 0 Å². The molecule has 0 saturated carbocycles. The maximum atomic E-state index is 9.52. The van der Waals surface area contributed by atoms with Gasteiger partial charge < -0.3 is 10.8 Å². The van der Waals surface area contributed by atoms with Crippen molar-refractivity contribution in [2.75, 3.05) is 19.7 Å². The predicted octanol–water partition coefficient (Wildman–Crippen LogP) is 4.47. The van der Waals surface area contributed by atoms with Crippen LogP contribution in [0.5, 0.6) is 0 Å². The monoisotopic (exact) mass is 326 g/mol. The van der Waals surface area contributed by atoms with Gasteiger partial charge in [-0.25, -0.2) is 0 Å². The number of aliphatic hydroxyl groups is 1. The van der Waals surface area contributed by atoms with Crippen molar-refractivity contribution < 1.29 is 5.11 Å². The highest BCUT2D eigenvalue weighted by Gasteiger charge is 2.36. The lowest BCUT2D eigenvalue weighted by molar-refractivity contribution is 0.164. The highest BCUT2D eigenvalue weighted by atomic mass is 16.3. The van der Waals surface area contributed by atoms with E-state index in [1.54, 1.807) is 0 Å². The summed E-state index contributed by atoms with van der Waals surface area (Å²) in [6.07, 6.45) is 17.2. The first-order valence-electron chi connectivity index (χ1n) is 10.3. The molecule has 3 N–H and O–H groups in total. The van der Waals surface area contributed by atoms with Gasteiger partial charge in [-0.05, 0) is 19.3 Å². The van der Waals surface area contributed by atoms with Crippen molar-refractivity contribution in [3.8, 4) is 0 Å². The van der Waals surface area contributed by atoms with Crippen molar-refractivity contribution in [1.29, 1.82) is 0 Å². The summed E-state index contributed by atoms with van der Waals surface area (Å²) in [7, 11) is 0. The fourth-order valence-electron chi connectivity index (χ4n) is 3.85. The van der Waals surface area contributed by atoms with Crippen LogP contribution < -0.4 is 5.73 Å². The first-order valence-corrected chi connectivity index (χ1v) is 10.3. The van der Waals surface area contributed by atoms with E-state index >= 15 is 0 Å². The van der Waals surface area contributed by atoms with Crippen molar-refractivity contribution in [3.63, 3.8) is 0 Å². The fraction of sp³-hybridized carbons (Fsp3) is 1.00. The Hall–Kier alpha value is -0.120. The van der Waals surface area contributed by atoms with E-state index in [2.05, 4.69) is 18.7 Å². The summed E-state index contributed by atoms with van der Waals surface area (Å²) in [6.45, 7) is 6.64. The standard InChI is InChI=1S/C20H42N2O/c1-3-5-7-9-11-13-19(14-12-10-8-6-4-2)22-16-15-20(21,17-22)18-23/h19,23H,3-18,21H2,1-2H3. The van der Waals surface area contributed by atoms with E-state index in [9.17, 15) is 5.11 Å². The lowest BCUT2D eigenvalue weighted by atomic mass is 9.98. The van der Waals surface area contributed by atoms with E-state index in [4.69, 9.17) is 5.73 Å². The summed E-state index contributed by atoms with van der Waals surface area (Å²) in [5.41, 5.74) is 5.94. The molecule has 0 spiro atoms. The van der Waals surface area contributed by atoms with Crippen molar-refractivity contribution >= 4 is 0 Å². The van der Waals surface area contributed by atoms with Crippen molar-refractivity contribution in [2.45, 2.75) is 109 Å². The number of nitrogens with two attached hydrogens (primary N) is 1. The van der Waals surface area contributed by atoms with Gasteiger partial charge in [0.15, 0.2) is 0 Å². The molecule has 1 atom stereocenters. The summed E-state index contributed by atoms with van der Waals surface area (Å²) >= 11 is 0. The second-order valence-corrected chi connectivity index (χ2v) is 7.80. The molecule has 1 fully saturated rings. The molecule has 1 unspecified atom stereocenters. The molecule has 1 heterocycles. The normalized spacial score (nSPS) is 22.3. The Balaban J connectivity index is 2.35. The lowest BCUT2D eigenvalue weighted by Crippen LogP contribution is -2.47. The molecule has 0 aliphatic carbocycles. The maximum Gasteiger partial charge on any atom is 0.0624 e. The van der Waals surface area contributed by atoms with Crippen LogP contribution in [0.3, 0.4) is 0 Å². The van der Waals surface area contributed by atoms with E-state index in [1.165, 1.54) is 77.0 Å². The minimum absolute atomic E-state index is 0.128. The van der Waals surface area contributed by atoms with Gasteiger partial charge in [0, 0.05) is 19.1 Å². The molecule has 0 amide bonds. The van der Waals surface area contributed by atoms with Gasteiger partial charge in [-0.15, -0.1) is 0 Å². The molecule has 1 aliphatic heterocycles. The predicted molar refractivity (Wildman–Crippen MR) is 101 cm³/mol. The third-order valence-corrected chi connectivity index (χ3v) is 5.53. The average molecular weight is 327 g/mol. The molecule has 0 radical (unpaired) electrons. The SMILES string of the molecule is CCCCCCCC(CCCCCCC)N1CCC(N)(CO)C1. The number of likely N-dealkylation sites (tertiary alicyclic amines) is 1. The van der Waals surface area contributed by atoms with E-state index in [1.807, 2.05) is 0 Å². The molecule has 0 aromatic heterocycles. The number of unbranched alkanes of at least 4 members (excludes halogenated alkanes) is 8. The van der Waals surface area contributed by atoms with Crippen LogP contribution in [0.1, 0.15) is 97.3 Å². The van der Waals surface area contributed by atoms with Crippen LogP contribution in [0, 0.1) is 0 Å². The van der Waals surface area contributed by atoms with E-state index in [-0.39, 0.29) is 12.1 Å². The number of hydrogen-bond donors (Lipinski definition) is 2. The van der Waals surface area contributed by atoms with Crippen LogP contribution in [0.4, 0.5) is 0 Å². The summed E-state index contributed by atoms with van der Waals surface area (Å²) < 4.78 is 0. The number of aliphatic hydroxyl groups excluding tert-OH is 1. The number of rotatable bonds is 14. The first-order chi connectivity index (χ1) is 11.1. The van der Waals surface area contributed by atoms with Crippen LogP contribution in [0.25, 0.3) is 0 Å². The van der Waals surface area contributed by atoms with Crippen LogP contribution in [0.2, 0.25) is 0 Å². The molecule has 138 valence electrons. The Morgan fingerprint density at radius 1 is 0.913 bits per heavy atom. The lowest BCUT2D eigenvalue weighted by Gasteiger charge is -2.30. The van der Waals surface area contributed by atoms with Crippen molar-refractivity contribution in [2.24, 2.45) is 5.73 Å². The zero-order valence-electron chi connectivity index (χ0n) is 15.9. The minimum atomic E-state index is -0.345. The van der Waals surface area contributed by atoms with Gasteiger partial charge in [-0.3, -0.25) is 4.90 Å². The minimum Gasteiger partial charge on any atom is -0.394 e. The van der Waals surface area contributed by atoms with Crippen LogP contribution >= 0.6 is 0 Å². The summed E-state index contributed by atoms with van der Waals surface area (Å²) in [4.78, 5) is 2.58. The molecule has 0 aromatic carbocycles. The van der Waals surface area contributed by atoms with Gasteiger partial charge in [0.2, 0.25) is 0 Å². The average Bonchev–Trinajstić information content (AvgIpc) is 2.95. The Labute approximate surface area is 145 Å². The molecular formula is C20H42N2O. The quantitative estimate of drug-likeness (QED) is 0.463. The van der Waals surface area contributed by atoms with Gasteiger partial charge >= 0.3 is 0 Å². The maximum absolute atomic E-state index is 9.52. The van der Waals surface area contributed by atoms with Crippen LogP contribution in [-0.4, -0.2) is 41.3 Å². The number of hydrogen-bond acceptors (Lipinski definition) is 3. The first kappa shape index (κ1) is 20.9. The Morgan fingerprint density at radius 2 is 1.43 bits per heavy atom. The molecule has 0 aromatic rings. The molecule has 1 aliphatic rings.